The van der Waals surface area contributed by atoms with Crippen LogP contribution in [0.3, 0.4) is 0 Å². The molecule has 8 nitrogen and oxygen atoms in total. The van der Waals surface area contributed by atoms with Gasteiger partial charge < -0.3 is 19.1 Å². The zero-order valence-electron chi connectivity index (χ0n) is 22.0. The smallest absolute Gasteiger partial charge is 0.438 e. The van der Waals surface area contributed by atoms with E-state index < -0.39 is 47.5 Å². The summed E-state index contributed by atoms with van der Waals surface area (Å²) >= 11 is 5.73. The average molecular weight is 619 g/mol. The third kappa shape index (κ3) is 5.69. The Morgan fingerprint density at radius 3 is 2.47 bits per heavy atom. The van der Waals surface area contributed by atoms with Crippen LogP contribution < -0.4 is 4.74 Å². The molecule has 1 aliphatic rings. The maximum atomic E-state index is 15.9. The molecule has 1 aliphatic heterocycles. The molecule has 0 bridgehead atoms. The van der Waals surface area contributed by atoms with Crippen molar-refractivity contribution in [3.05, 3.63) is 93.4 Å². The lowest BCUT2D eigenvalue weighted by Crippen LogP contribution is -2.31. The van der Waals surface area contributed by atoms with Crippen molar-refractivity contribution < 1.29 is 41.3 Å². The van der Waals surface area contributed by atoms with E-state index in [0.717, 1.165) is 12.5 Å². The van der Waals surface area contributed by atoms with Gasteiger partial charge >= 0.3 is 12.1 Å². The molecule has 0 aliphatic carbocycles. The Morgan fingerprint density at radius 2 is 1.79 bits per heavy atom. The van der Waals surface area contributed by atoms with Crippen LogP contribution in [-0.4, -0.2) is 43.3 Å². The van der Waals surface area contributed by atoms with E-state index in [0.29, 0.717) is 30.0 Å². The van der Waals surface area contributed by atoms with Crippen molar-refractivity contribution in [3.63, 3.8) is 0 Å². The van der Waals surface area contributed by atoms with Crippen LogP contribution in [0.4, 0.5) is 22.0 Å². The summed E-state index contributed by atoms with van der Waals surface area (Å²) in [6, 6.07) is 10.5. The monoisotopic (exact) mass is 618 g/mol. The zero-order chi connectivity index (χ0) is 30.5. The van der Waals surface area contributed by atoms with Gasteiger partial charge in [0.15, 0.2) is 5.82 Å². The van der Waals surface area contributed by atoms with Gasteiger partial charge in [0, 0.05) is 23.6 Å². The molecule has 0 saturated carbocycles. The molecule has 3 heterocycles. The second-order valence-electron chi connectivity index (χ2n) is 9.91. The minimum atomic E-state index is -4.99. The molecule has 5 aromatic rings. The molecule has 14 heteroatoms. The van der Waals surface area contributed by atoms with E-state index in [9.17, 15) is 27.5 Å². The number of alkyl halides is 3. The number of carbonyl (C=O) groups is 1. The molecule has 1 atom stereocenters. The van der Waals surface area contributed by atoms with Gasteiger partial charge in [-0.2, -0.15) is 13.2 Å². The minimum Gasteiger partial charge on any atom is -0.478 e. The molecular formula is C29H20ClF5N4O4. The summed E-state index contributed by atoms with van der Waals surface area (Å²) in [5, 5.41) is 9.54. The summed E-state index contributed by atoms with van der Waals surface area (Å²) in [7, 11) is 0. The maximum absolute atomic E-state index is 15.9. The Hall–Kier alpha value is -4.36. The topological polar surface area (TPSA) is 99.4 Å². The highest BCUT2D eigenvalue weighted by Gasteiger charge is 2.38. The van der Waals surface area contributed by atoms with Crippen molar-refractivity contribution in [3.8, 4) is 5.88 Å². The molecule has 43 heavy (non-hydrogen) atoms. The molecule has 0 radical (unpaired) electrons. The summed E-state index contributed by atoms with van der Waals surface area (Å²) in [5.74, 6) is -3.48. The number of halogens is 6. The molecule has 0 spiro atoms. The van der Waals surface area contributed by atoms with Crippen LogP contribution in [0.1, 0.15) is 39.4 Å². The van der Waals surface area contributed by atoms with E-state index in [1.807, 2.05) is 0 Å². The Morgan fingerprint density at radius 1 is 1.05 bits per heavy atom. The van der Waals surface area contributed by atoms with Crippen molar-refractivity contribution in [1.29, 1.82) is 0 Å². The van der Waals surface area contributed by atoms with E-state index in [4.69, 9.17) is 21.1 Å². The number of nitrogens with zero attached hydrogens (tertiary/aromatic N) is 4. The molecule has 1 N–H and O–H groups in total. The van der Waals surface area contributed by atoms with Crippen LogP contribution in [0.2, 0.25) is 5.02 Å². The number of hydrogen-bond donors (Lipinski definition) is 1. The third-order valence-corrected chi connectivity index (χ3v) is 7.31. The highest BCUT2D eigenvalue weighted by molar-refractivity contribution is 6.30. The van der Waals surface area contributed by atoms with Crippen molar-refractivity contribution in [2.75, 3.05) is 6.61 Å². The van der Waals surface area contributed by atoms with Gasteiger partial charge in [0.2, 0.25) is 11.6 Å². The minimum absolute atomic E-state index is 0.0494. The molecule has 2 aromatic heterocycles. The highest BCUT2D eigenvalue weighted by Crippen LogP contribution is 2.36. The Bertz CT molecular complexity index is 1890. The van der Waals surface area contributed by atoms with E-state index in [1.54, 1.807) is 10.6 Å². The second-order valence-corrected chi connectivity index (χ2v) is 10.3. The van der Waals surface area contributed by atoms with Gasteiger partial charge in [-0.05, 0) is 48.4 Å². The first-order valence-electron chi connectivity index (χ1n) is 12.9. The molecule has 0 amide bonds. The lowest BCUT2D eigenvalue weighted by Gasteiger charge is -2.27. The van der Waals surface area contributed by atoms with Gasteiger partial charge in [-0.15, -0.1) is 0 Å². The van der Waals surface area contributed by atoms with Gasteiger partial charge in [0.25, 0.3) is 0 Å². The quantitative estimate of drug-likeness (QED) is 0.196. The molecular weight excluding hydrogens is 599 g/mol. The van der Waals surface area contributed by atoms with Gasteiger partial charge in [-0.3, -0.25) is 0 Å². The number of imidazole rings is 1. The molecule has 1 fully saturated rings. The van der Waals surface area contributed by atoms with Gasteiger partial charge in [-0.1, -0.05) is 23.7 Å². The van der Waals surface area contributed by atoms with Crippen LogP contribution in [0.15, 0.2) is 48.5 Å². The van der Waals surface area contributed by atoms with Crippen molar-refractivity contribution in [2.45, 2.75) is 38.3 Å². The Labute approximate surface area is 244 Å². The standard InChI is InChI=1S/C29H20ClF5N4O4/c30-17-4-1-16(19(31)11-17)13-43-27-26(29(33,34)35)37-21-6-2-14(24(32)25(21)38-27)10-23-36-20-5-3-15(28(40)41)9-22(20)39(23)12-18-7-8-42-18/h1-6,9,11,18H,7-8,10,12-13H2,(H,40,41)/t18-/m0/s1. The van der Waals surface area contributed by atoms with Crippen LogP contribution in [0.25, 0.3) is 22.1 Å². The lowest BCUT2D eigenvalue weighted by molar-refractivity contribution is -0.142. The number of carboxylic acids is 1. The predicted octanol–water partition coefficient (Wildman–Crippen LogP) is 6.59. The predicted molar refractivity (Wildman–Crippen MR) is 144 cm³/mol. The average Bonchev–Trinajstić information content (AvgIpc) is 3.27. The number of fused-ring (bicyclic) bond motifs is 2. The van der Waals surface area contributed by atoms with Crippen molar-refractivity contribution >= 4 is 39.6 Å². The van der Waals surface area contributed by atoms with E-state index in [1.165, 1.54) is 36.4 Å². The largest absolute Gasteiger partial charge is 0.478 e. The first kappa shape index (κ1) is 28.7. The highest BCUT2D eigenvalue weighted by atomic mass is 35.5. The number of aromatic carboxylic acids is 1. The molecule has 6 rings (SSSR count). The third-order valence-electron chi connectivity index (χ3n) is 7.07. The van der Waals surface area contributed by atoms with Crippen LogP contribution in [0.5, 0.6) is 5.88 Å². The SMILES string of the molecule is O=C(O)c1ccc2nc(Cc3ccc4nc(C(F)(F)F)c(OCc5ccc(Cl)cc5F)nc4c3F)n(C[C@@H]3CCO3)c2c1. The fourth-order valence-corrected chi connectivity index (χ4v) is 4.93. The fourth-order valence-electron chi connectivity index (χ4n) is 4.77. The maximum Gasteiger partial charge on any atom is 0.438 e. The molecule has 222 valence electrons. The Kier molecular flexibility index (Phi) is 7.38. The summed E-state index contributed by atoms with van der Waals surface area (Å²) in [6.45, 7) is 0.289. The normalized spacial score (nSPS) is 15.2. The van der Waals surface area contributed by atoms with Crippen LogP contribution >= 0.6 is 11.6 Å². The first-order valence-corrected chi connectivity index (χ1v) is 13.3. The first-order chi connectivity index (χ1) is 20.5. The fraction of sp³-hybridized carbons (Fsp3) is 0.241. The van der Waals surface area contributed by atoms with E-state index in [-0.39, 0.29) is 39.8 Å². The number of benzene rings is 3. The van der Waals surface area contributed by atoms with E-state index in [2.05, 4.69) is 15.0 Å². The van der Waals surface area contributed by atoms with Gasteiger partial charge in [0.1, 0.15) is 23.8 Å². The number of rotatable bonds is 8. The van der Waals surface area contributed by atoms with Crippen LogP contribution in [-0.2, 0) is 30.5 Å². The number of hydrogen-bond acceptors (Lipinski definition) is 6. The Balaban J connectivity index is 1.39. The summed E-state index contributed by atoms with van der Waals surface area (Å²) in [4.78, 5) is 23.6. The zero-order valence-corrected chi connectivity index (χ0v) is 22.7. The molecule has 0 unspecified atom stereocenters. The van der Waals surface area contributed by atoms with Gasteiger partial charge in [-0.25, -0.2) is 28.5 Å². The number of ether oxygens (including phenoxy) is 2. The van der Waals surface area contributed by atoms with Crippen molar-refractivity contribution in [2.24, 2.45) is 0 Å². The second kappa shape index (κ2) is 11.0. The lowest BCUT2D eigenvalue weighted by atomic mass is 10.1. The van der Waals surface area contributed by atoms with Crippen LogP contribution in [0, 0.1) is 11.6 Å². The molecule has 1 saturated heterocycles. The summed E-state index contributed by atoms with van der Waals surface area (Å²) < 4.78 is 84.1. The molecule has 3 aromatic carbocycles. The number of carboxylic acid groups (broad SMARTS) is 1. The van der Waals surface area contributed by atoms with Crippen molar-refractivity contribution in [1.82, 2.24) is 19.5 Å². The number of aromatic nitrogens is 4. The van der Waals surface area contributed by atoms with E-state index >= 15 is 4.39 Å². The summed E-state index contributed by atoms with van der Waals surface area (Å²) in [5.41, 5.74) is -1.30. The van der Waals surface area contributed by atoms with Gasteiger partial charge in [0.05, 0.1) is 34.8 Å². The summed E-state index contributed by atoms with van der Waals surface area (Å²) in [6.07, 6.45) is -4.45.